The average molecular weight is 386 g/mol. The average Bonchev–Trinajstić information content (AvgIpc) is 2.57. The minimum Gasteiger partial charge on any atom is -0.454 e. The number of hydrogen-bond donors (Lipinski definition) is 1. The van der Waals surface area contributed by atoms with Crippen LogP contribution in [0, 0.1) is 0 Å². The molecule has 0 spiro atoms. The number of carbonyl (C=O) groups is 3. The van der Waals surface area contributed by atoms with Crippen molar-refractivity contribution in [1.29, 1.82) is 0 Å². The largest absolute Gasteiger partial charge is 0.454 e. The molecule has 1 N–H and O–H groups in total. The van der Waals surface area contributed by atoms with Crippen LogP contribution < -0.4 is 10.1 Å². The van der Waals surface area contributed by atoms with Gasteiger partial charge in [-0.15, -0.1) is 0 Å². The van der Waals surface area contributed by atoms with Crippen molar-refractivity contribution in [1.82, 2.24) is 10.2 Å². The lowest BCUT2D eigenvalue weighted by molar-refractivity contribution is -0.152. The second-order valence-electron chi connectivity index (χ2n) is 6.21. The highest BCUT2D eigenvalue weighted by molar-refractivity contribution is 5.98. The molecule has 0 aliphatic heterocycles. The first-order chi connectivity index (χ1) is 12.6. The summed E-state index contributed by atoms with van der Waals surface area (Å²) in [6.07, 6.45) is 0. The van der Waals surface area contributed by atoms with Crippen LogP contribution in [0.3, 0.4) is 0 Å². The third-order valence-electron chi connectivity index (χ3n) is 3.50. The van der Waals surface area contributed by atoms with E-state index in [-0.39, 0.29) is 29.3 Å². The van der Waals surface area contributed by atoms with Crippen molar-refractivity contribution in [3.63, 3.8) is 0 Å². The van der Waals surface area contributed by atoms with Crippen molar-refractivity contribution in [3.8, 4) is 5.75 Å². The molecule has 1 rings (SSSR count). The number of para-hydroxylation sites is 1. The second-order valence-corrected chi connectivity index (χ2v) is 6.21. The van der Waals surface area contributed by atoms with E-state index in [1.54, 1.807) is 4.90 Å². The first-order valence-electron chi connectivity index (χ1n) is 8.42. The second kappa shape index (κ2) is 10.4. The SMILES string of the molecule is CC(C)N(C(=O)COC(=O)CNC(=O)c1ccccc1OC(F)F)C(C)C. The lowest BCUT2D eigenvalue weighted by atomic mass is 10.2. The number of benzene rings is 1. The van der Waals surface area contributed by atoms with Crippen LogP contribution in [0.1, 0.15) is 38.1 Å². The highest BCUT2D eigenvalue weighted by Crippen LogP contribution is 2.19. The number of nitrogens with zero attached hydrogens (tertiary/aromatic N) is 1. The van der Waals surface area contributed by atoms with E-state index >= 15 is 0 Å². The minimum absolute atomic E-state index is 0.0535. The Hall–Kier alpha value is -2.71. The zero-order chi connectivity index (χ0) is 20.6. The summed E-state index contributed by atoms with van der Waals surface area (Å²) in [5, 5.41) is 2.25. The Morgan fingerprint density at radius 2 is 1.67 bits per heavy atom. The third kappa shape index (κ3) is 7.20. The smallest absolute Gasteiger partial charge is 0.387 e. The van der Waals surface area contributed by atoms with Gasteiger partial charge in [-0.3, -0.25) is 14.4 Å². The number of nitrogens with one attached hydrogen (secondary N) is 1. The fourth-order valence-electron chi connectivity index (χ4n) is 2.54. The van der Waals surface area contributed by atoms with Crippen molar-refractivity contribution in [2.45, 2.75) is 46.4 Å². The summed E-state index contributed by atoms with van der Waals surface area (Å²) in [5.41, 5.74) is -0.146. The summed E-state index contributed by atoms with van der Waals surface area (Å²) in [5.74, 6) is -2.26. The Morgan fingerprint density at radius 3 is 2.22 bits per heavy atom. The van der Waals surface area contributed by atoms with Crippen molar-refractivity contribution in [2.24, 2.45) is 0 Å². The molecule has 0 fully saturated rings. The predicted octanol–water partition coefficient (Wildman–Crippen LogP) is 2.21. The first kappa shape index (κ1) is 22.3. The van der Waals surface area contributed by atoms with Crippen LogP contribution >= 0.6 is 0 Å². The van der Waals surface area contributed by atoms with Gasteiger partial charge in [-0.05, 0) is 39.8 Å². The van der Waals surface area contributed by atoms with E-state index in [0.717, 1.165) is 0 Å². The van der Waals surface area contributed by atoms with Crippen LogP contribution in [0.2, 0.25) is 0 Å². The quantitative estimate of drug-likeness (QED) is 0.658. The summed E-state index contributed by atoms with van der Waals surface area (Å²) in [6.45, 7) is 3.34. The van der Waals surface area contributed by atoms with E-state index in [0.29, 0.717) is 0 Å². The number of amides is 2. The van der Waals surface area contributed by atoms with Gasteiger partial charge in [0.1, 0.15) is 12.3 Å². The molecular weight excluding hydrogens is 362 g/mol. The van der Waals surface area contributed by atoms with Crippen molar-refractivity contribution >= 4 is 17.8 Å². The van der Waals surface area contributed by atoms with E-state index in [2.05, 4.69) is 10.1 Å². The standard InChI is InChI=1S/C18H24F2N2O5/c1-11(2)22(12(3)4)15(23)10-26-16(24)9-21-17(25)13-7-5-6-8-14(13)27-18(19)20/h5-8,11-12,18H,9-10H2,1-4H3,(H,21,25). The molecule has 27 heavy (non-hydrogen) atoms. The van der Waals surface area contributed by atoms with Gasteiger partial charge in [0, 0.05) is 12.1 Å². The van der Waals surface area contributed by atoms with Gasteiger partial charge in [0.2, 0.25) is 0 Å². The van der Waals surface area contributed by atoms with Gasteiger partial charge in [-0.2, -0.15) is 8.78 Å². The summed E-state index contributed by atoms with van der Waals surface area (Å²) in [4.78, 5) is 37.5. The molecule has 0 heterocycles. The molecule has 0 saturated heterocycles. The van der Waals surface area contributed by atoms with Gasteiger partial charge < -0.3 is 19.7 Å². The highest BCUT2D eigenvalue weighted by atomic mass is 19.3. The van der Waals surface area contributed by atoms with E-state index in [1.165, 1.54) is 24.3 Å². The van der Waals surface area contributed by atoms with Gasteiger partial charge in [-0.25, -0.2) is 0 Å². The number of halogens is 2. The maximum absolute atomic E-state index is 12.4. The molecule has 0 radical (unpaired) electrons. The number of alkyl halides is 2. The van der Waals surface area contributed by atoms with Crippen LogP contribution in [0.25, 0.3) is 0 Å². The molecule has 0 aliphatic rings. The third-order valence-corrected chi connectivity index (χ3v) is 3.50. The van der Waals surface area contributed by atoms with Crippen LogP contribution in [-0.2, 0) is 14.3 Å². The molecular formula is C18H24F2N2O5. The van der Waals surface area contributed by atoms with Gasteiger partial charge in [-0.1, -0.05) is 12.1 Å². The minimum atomic E-state index is -3.08. The number of hydrogen-bond acceptors (Lipinski definition) is 5. The Kier molecular flexibility index (Phi) is 8.64. The molecule has 9 heteroatoms. The Bertz CT molecular complexity index is 657. The predicted molar refractivity (Wildman–Crippen MR) is 93.5 cm³/mol. The fraction of sp³-hybridized carbons (Fsp3) is 0.500. The summed E-state index contributed by atoms with van der Waals surface area (Å²) in [6, 6.07) is 5.29. The Labute approximate surface area is 156 Å². The highest BCUT2D eigenvalue weighted by Gasteiger charge is 2.22. The molecule has 7 nitrogen and oxygen atoms in total. The molecule has 0 unspecified atom stereocenters. The zero-order valence-corrected chi connectivity index (χ0v) is 15.7. The fourth-order valence-corrected chi connectivity index (χ4v) is 2.54. The van der Waals surface area contributed by atoms with E-state index in [1.807, 2.05) is 27.7 Å². The maximum atomic E-state index is 12.4. The first-order valence-corrected chi connectivity index (χ1v) is 8.42. The normalized spacial score (nSPS) is 10.9. The number of rotatable bonds is 9. The molecule has 1 aromatic carbocycles. The summed E-state index contributed by atoms with van der Waals surface area (Å²) >= 11 is 0. The van der Waals surface area contributed by atoms with E-state index < -0.39 is 31.6 Å². The van der Waals surface area contributed by atoms with Crippen molar-refractivity contribution in [3.05, 3.63) is 29.8 Å². The molecule has 150 valence electrons. The molecule has 0 aromatic heterocycles. The van der Waals surface area contributed by atoms with E-state index in [9.17, 15) is 23.2 Å². The zero-order valence-electron chi connectivity index (χ0n) is 15.7. The van der Waals surface area contributed by atoms with Crippen LogP contribution in [-0.4, -0.2) is 54.5 Å². The molecule has 2 amide bonds. The van der Waals surface area contributed by atoms with Gasteiger partial charge in [0.05, 0.1) is 5.56 Å². The Balaban J connectivity index is 2.55. The topological polar surface area (TPSA) is 84.9 Å². The number of esters is 1. The molecule has 0 aliphatic carbocycles. The van der Waals surface area contributed by atoms with Crippen LogP contribution in [0.15, 0.2) is 24.3 Å². The molecule has 0 atom stereocenters. The van der Waals surface area contributed by atoms with Crippen LogP contribution in [0.4, 0.5) is 8.78 Å². The van der Waals surface area contributed by atoms with Gasteiger partial charge in [0.25, 0.3) is 11.8 Å². The molecule has 0 saturated carbocycles. The van der Waals surface area contributed by atoms with Crippen molar-refractivity contribution in [2.75, 3.05) is 13.2 Å². The number of carbonyl (C=O) groups excluding carboxylic acids is 3. The summed E-state index contributed by atoms with van der Waals surface area (Å²) in [7, 11) is 0. The molecule has 1 aromatic rings. The lowest BCUT2D eigenvalue weighted by Gasteiger charge is -2.30. The monoisotopic (exact) mass is 386 g/mol. The Morgan fingerprint density at radius 1 is 1.07 bits per heavy atom. The molecule has 0 bridgehead atoms. The summed E-state index contributed by atoms with van der Waals surface area (Å²) < 4.78 is 33.9. The lowest BCUT2D eigenvalue weighted by Crippen LogP contribution is -2.44. The van der Waals surface area contributed by atoms with Gasteiger partial charge >= 0.3 is 12.6 Å². The van der Waals surface area contributed by atoms with Crippen LogP contribution in [0.5, 0.6) is 5.75 Å². The number of ether oxygens (including phenoxy) is 2. The van der Waals surface area contributed by atoms with Gasteiger partial charge in [0.15, 0.2) is 6.61 Å². The van der Waals surface area contributed by atoms with Crippen molar-refractivity contribution < 1.29 is 32.6 Å². The van der Waals surface area contributed by atoms with E-state index in [4.69, 9.17) is 4.74 Å². The maximum Gasteiger partial charge on any atom is 0.387 e.